The van der Waals surface area contributed by atoms with Gasteiger partial charge in [-0.2, -0.15) is 0 Å². The first-order valence-electron chi connectivity index (χ1n) is 4.01. The maximum Gasteiger partial charge on any atom is 0.106 e. The van der Waals surface area contributed by atoms with Crippen LogP contribution >= 0.6 is 0 Å². The van der Waals surface area contributed by atoms with E-state index in [2.05, 4.69) is 0 Å². The molecule has 0 aliphatic rings. The molecule has 0 spiro atoms. The Balaban J connectivity index is 3.51. The number of ether oxygens (including phenoxy) is 2. The Morgan fingerprint density at radius 2 is 2.09 bits per heavy atom. The second kappa shape index (κ2) is 6.58. The van der Waals surface area contributed by atoms with E-state index in [-0.39, 0.29) is 18.8 Å². The maximum absolute atomic E-state index is 8.79. The summed E-state index contributed by atoms with van der Waals surface area (Å²) in [5, 5.41) is 8.79. The van der Waals surface area contributed by atoms with Crippen molar-refractivity contribution >= 4 is 0 Å². The maximum atomic E-state index is 8.79. The minimum atomic E-state index is -0.193. The van der Waals surface area contributed by atoms with Gasteiger partial charge in [-0.3, -0.25) is 0 Å². The standard InChI is InChI=1S/C8H18O3/c1-4-5-11-7(2)8(6-9)10-3/h7-9H,4-6H2,1-3H3. The highest BCUT2D eigenvalue weighted by atomic mass is 16.5. The van der Waals surface area contributed by atoms with Crippen LogP contribution in [-0.2, 0) is 9.47 Å². The molecule has 2 atom stereocenters. The number of hydrogen-bond acceptors (Lipinski definition) is 3. The minimum Gasteiger partial charge on any atom is -0.394 e. The van der Waals surface area contributed by atoms with E-state index in [1.165, 1.54) is 0 Å². The molecule has 0 fully saturated rings. The van der Waals surface area contributed by atoms with E-state index in [4.69, 9.17) is 14.6 Å². The largest absolute Gasteiger partial charge is 0.394 e. The fraction of sp³-hybridized carbons (Fsp3) is 1.00. The Morgan fingerprint density at radius 1 is 1.45 bits per heavy atom. The van der Waals surface area contributed by atoms with E-state index < -0.39 is 0 Å². The predicted octanol–water partition coefficient (Wildman–Crippen LogP) is 0.809. The van der Waals surface area contributed by atoms with Gasteiger partial charge in [-0.1, -0.05) is 6.92 Å². The van der Waals surface area contributed by atoms with E-state index in [1.807, 2.05) is 13.8 Å². The van der Waals surface area contributed by atoms with E-state index in [1.54, 1.807) is 7.11 Å². The van der Waals surface area contributed by atoms with Gasteiger partial charge in [0.15, 0.2) is 0 Å². The number of aliphatic hydroxyl groups is 1. The second-order valence-electron chi connectivity index (χ2n) is 2.53. The van der Waals surface area contributed by atoms with E-state index in [0.717, 1.165) is 13.0 Å². The Hall–Kier alpha value is -0.120. The molecule has 0 saturated heterocycles. The Labute approximate surface area is 68.3 Å². The van der Waals surface area contributed by atoms with Crippen molar-refractivity contribution < 1.29 is 14.6 Å². The van der Waals surface area contributed by atoms with Crippen LogP contribution in [0.3, 0.4) is 0 Å². The summed E-state index contributed by atoms with van der Waals surface area (Å²) < 4.78 is 10.3. The summed E-state index contributed by atoms with van der Waals surface area (Å²) in [4.78, 5) is 0. The first-order valence-corrected chi connectivity index (χ1v) is 4.01. The summed E-state index contributed by atoms with van der Waals surface area (Å²) in [6.45, 7) is 4.69. The quantitative estimate of drug-likeness (QED) is 0.628. The zero-order chi connectivity index (χ0) is 8.69. The van der Waals surface area contributed by atoms with E-state index in [0.29, 0.717) is 0 Å². The average molecular weight is 162 g/mol. The lowest BCUT2D eigenvalue weighted by Crippen LogP contribution is -2.31. The molecular formula is C8H18O3. The highest BCUT2D eigenvalue weighted by Crippen LogP contribution is 2.02. The Morgan fingerprint density at radius 3 is 2.45 bits per heavy atom. The molecule has 0 radical (unpaired) electrons. The monoisotopic (exact) mass is 162 g/mol. The van der Waals surface area contributed by atoms with Crippen LogP contribution in [0.5, 0.6) is 0 Å². The van der Waals surface area contributed by atoms with Gasteiger partial charge in [0.05, 0.1) is 12.7 Å². The van der Waals surface area contributed by atoms with Crippen LogP contribution in [0.4, 0.5) is 0 Å². The fourth-order valence-corrected chi connectivity index (χ4v) is 0.826. The fourth-order valence-electron chi connectivity index (χ4n) is 0.826. The average Bonchev–Trinajstić information content (AvgIpc) is 2.03. The predicted molar refractivity (Wildman–Crippen MR) is 43.6 cm³/mol. The van der Waals surface area contributed by atoms with Crippen molar-refractivity contribution in [2.24, 2.45) is 0 Å². The Kier molecular flexibility index (Phi) is 6.51. The zero-order valence-corrected chi connectivity index (χ0v) is 7.54. The van der Waals surface area contributed by atoms with Crippen molar-refractivity contribution in [3.63, 3.8) is 0 Å². The molecule has 0 aromatic carbocycles. The summed E-state index contributed by atoms with van der Waals surface area (Å²) in [7, 11) is 1.58. The van der Waals surface area contributed by atoms with Gasteiger partial charge in [-0.15, -0.1) is 0 Å². The minimum absolute atomic E-state index is 0.0153. The van der Waals surface area contributed by atoms with Gasteiger partial charge in [0, 0.05) is 13.7 Å². The highest BCUT2D eigenvalue weighted by Gasteiger charge is 2.14. The van der Waals surface area contributed by atoms with Crippen molar-refractivity contribution in [1.82, 2.24) is 0 Å². The molecule has 3 heteroatoms. The molecule has 0 aliphatic heterocycles. The normalized spacial score (nSPS) is 16.4. The van der Waals surface area contributed by atoms with Crippen molar-refractivity contribution in [3.8, 4) is 0 Å². The highest BCUT2D eigenvalue weighted by molar-refractivity contribution is 4.63. The summed E-state index contributed by atoms with van der Waals surface area (Å²) in [6.07, 6.45) is 0.776. The smallest absolute Gasteiger partial charge is 0.106 e. The molecule has 68 valence electrons. The summed E-state index contributed by atoms with van der Waals surface area (Å²) >= 11 is 0. The van der Waals surface area contributed by atoms with Crippen LogP contribution in [0.15, 0.2) is 0 Å². The lowest BCUT2D eigenvalue weighted by atomic mass is 10.2. The number of aliphatic hydroxyl groups excluding tert-OH is 1. The van der Waals surface area contributed by atoms with Gasteiger partial charge in [-0.25, -0.2) is 0 Å². The molecule has 0 aromatic rings. The van der Waals surface area contributed by atoms with Crippen LogP contribution in [-0.4, -0.2) is 37.6 Å². The Bertz CT molecular complexity index is 81.4. The van der Waals surface area contributed by atoms with Crippen molar-refractivity contribution in [2.45, 2.75) is 32.5 Å². The molecule has 0 rings (SSSR count). The van der Waals surface area contributed by atoms with E-state index in [9.17, 15) is 0 Å². The van der Waals surface area contributed by atoms with Crippen molar-refractivity contribution in [1.29, 1.82) is 0 Å². The van der Waals surface area contributed by atoms with Crippen LogP contribution in [0.25, 0.3) is 0 Å². The van der Waals surface area contributed by atoms with Gasteiger partial charge in [-0.05, 0) is 13.3 Å². The first-order chi connectivity index (χ1) is 5.26. The van der Waals surface area contributed by atoms with Crippen LogP contribution < -0.4 is 0 Å². The van der Waals surface area contributed by atoms with Gasteiger partial charge in [0.2, 0.25) is 0 Å². The topological polar surface area (TPSA) is 38.7 Å². The third-order valence-corrected chi connectivity index (χ3v) is 1.59. The van der Waals surface area contributed by atoms with Crippen LogP contribution in [0.2, 0.25) is 0 Å². The summed E-state index contributed by atoms with van der Waals surface area (Å²) in [5.41, 5.74) is 0. The molecule has 0 amide bonds. The number of methoxy groups -OCH3 is 1. The van der Waals surface area contributed by atoms with Gasteiger partial charge in [0.1, 0.15) is 6.10 Å². The van der Waals surface area contributed by atoms with Gasteiger partial charge >= 0.3 is 0 Å². The summed E-state index contributed by atoms with van der Waals surface area (Å²) in [6, 6.07) is 0. The molecule has 0 heterocycles. The molecule has 0 saturated carbocycles. The lowest BCUT2D eigenvalue weighted by molar-refractivity contribution is -0.0676. The van der Waals surface area contributed by atoms with E-state index >= 15 is 0 Å². The van der Waals surface area contributed by atoms with Gasteiger partial charge in [0.25, 0.3) is 0 Å². The van der Waals surface area contributed by atoms with Crippen LogP contribution in [0, 0.1) is 0 Å². The molecule has 2 unspecified atom stereocenters. The first kappa shape index (κ1) is 10.9. The number of hydrogen-bond donors (Lipinski definition) is 1. The molecule has 0 aromatic heterocycles. The second-order valence-corrected chi connectivity index (χ2v) is 2.53. The third kappa shape index (κ3) is 4.35. The molecular weight excluding hydrogens is 144 g/mol. The molecule has 0 bridgehead atoms. The number of rotatable bonds is 6. The van der Waals surface area contributed by atoms with Crippen LogP contribution in [0.1, 0.15) is 20.3 Å². The van der Waals surface area contributed by atoms with Crippen molar-refractivity contribution in [3.05, 3.63) is 0 Å². The zero-order valence-electron chi connectivity index (χ0n) is 7.54. The van der Waals surface area contributed by atoms with Crippen molar-refractivity contribution in [2.75, 3.05) is 20.3 Å². The molecule has 11 heavy (non-hydrogen) atoms. The summed E-state index contributed by atoms with van der Waals surface area (Å²) in [5.74, 6) is 0. The SMILES string of the molecule is CCCOC(C)C(CO)OC. The lowest BCUT2D eigenvalue weighted by Gasteiger charge is -2.20. The molecule has 1 N–H and O–H groups in total. The molecule has 3 nitrogen and oxygen atoms in total. The molecule has 0 aliphatic carbocycles. The third-order valence-electron chi connectivity index (χ3n) is 1.59. The van der Waals surface area contributed by atoms with Gasteiger partial charge < -0.3 is 14.6 Å².